The van der Waals surface area contributed by atoms with Crippen LogP contribution in [0.3, 0.4) is 0 Å². The molecule has 0 saturated heterocycles. The molecule has 0 amide bonds. The largest absolute Gasteiger partial charge is 0.316 e. The molecule has 3 nitrogen and oxygen atoms in total. The second kappa shape index (κ2) is 6.71. The molecule has 1 N–H and O–H groups in total. The lowest BCUT2D eigenvalue weighted by Crippen LogP contribution is -2.00. The maximum absolute atomic E-state index is 6.33. The number of hydrazone groups is 1. The average molecular weight is 324 g/mol. The van der Waals surface area contributed by atoms with Crippen LogP contribution in [-0.2, 0) is 0 Å². The number of nitrogens with one attached hydrogen (secondary N) is 1. The van der Waals surface area contributed by atoms with Gasteiger partial charge in [-0.05, 0) is 44.2 Å². The van der Waals surface area contributed by atoms with Crippen molar-refractivity contribution in [2.24, 2.45) is 5.10 Å². The Morgan fingerprint density at radius 2 is 1.70 bits per heavy atom. The number of halogens is 1. The maximum Gasteiger partial charge on any atom is 0.0646 e. The van der Waals surface area contributed by atoms with E-state index in [-0.39, 0.29) is 0 Å². The zero-order valence-electron chi connectivity index (χ0n) is 13.1. The van der Waals surface area contributed by atoms with E-state index in [0.717, 1.165) is 33.3 Å². The Bertz CT molecular complexity index is 835. The highest BCUT2D eigenvalue weighted by atomic mass is 35.5. The third-order valence-electron chi connectivity index (χ3n) is 3.73. The fraction of sp³-hybridized carbons (Fsp3) is 0.105. The minimum atomic E-state index is 0.736. The lowest BCUT2D eigenvalue weighted by atomic mass is 10.2. The summed E-state index contributed by atoms with van der Waals surface area (Å²) in [4.78, 5) is 0. The van der Waals surface area contributed by atoms with Crippen LogP contribution in [0.1, 0.15) is 17.0 Å². The molecular formula is C19H18ClN3. The summed E-state index contributed by atoms with van der Waals surface area (Å²) in [6.45, 7) is 4.14. The van der Waals surface area contributed by atoms with Crippen LogP contribution in [0.5, 0.6) is 0 Å². The van der Waals surface area contributed by atoms with Crippen LogP contribution in [0.2, 0.25) is 5.02 Å². The molecule has 116 valence electrons. The normalized spacial score (nSPS) is 11.1. The number of anilines is 1. The number of hydrogen-bond acceptors (Lipinski definition) is 2. The number of hydrogen-bond donors (Lipinski definition) is 1. The Morgan fingerprint density at radius 3 is 2.43 bits per heavy atom. The molecule has 0 radical (unpaired) electrons. The molecular weight excluding hydrogens is 306 g/mol. The standard InChI is InChI=1S/C19H18ClN3/c1-14-12-16(13-21-22-17-8-4-3-5-9-17)15(2)23(14)19-11-7-6-10-18(19)20/h3-13,22H,1-2H3. The molecule has 0 aliphatic carbocycles. The van der Waals surface area contributed by atoms with E-state index in [0.29, 0.717) is 0 Å². The van der Waals surface area contributed by atoms with Crippen molar-refractivity contribution in [3.8, 4) is 5.69 Å². The number of rotatable bonds is 4. The van der Waals surface area contributed by atoms with Crippen molar-refractivity contribution in [1.82, 2.24) is 4.57 Å². The fourth-order valence-electron chi connectivity index (χ4n) is 2.61. The summed E-state index contributed by atoms with van der Waals surface area (Å²) < 4.78 is 2.15. The molecule has 4 heteroatoms. The van der Waals surface area contributed by atoms with E-state index >= 15 is 0 Å². The molecule has 0 aliphatic heterocycles. The van der Waals surface area contributed by atoms with Crippen molar-refractivity contribution < 1.29 is 0 Å². The number of aryl methyl sites for hydroxylation is 1. The van der Waals surface area contributed by atoms with Gasteiger partial charge in [-0.25, -0.2) is 0 Å². The van der Waals surface area contributed by atoms with Crippen molar-refractivity contribution in [3.05, 3.63) is 82.6 Å². The molecule has 0 saturated carbocycles. The fourth-order valence-corrected chi connectivity index (χ4v) is 2.83. The maximum atomic E-state index is 6.33. The van der Waals surface area contributed by atoms with Gasteiger partial charge >= 0.3 is 0 Å². The van der Waals surface area contributed by atoms with Crippen LogP contribution in [0, 0.1) is 13.8 Å². The molecule has 0 bridgehead atoms. The Balaban J connectivity index is 1.88. The van der Waals surface area contributed by atoms with Crippen LogP contribution < -0.4 is 5.43 Å². The predicted molar refractivity (Wildman–Crippen MR) is 97.9 cm³/mol. The van der Waals surface area contributed by atoms with Gasteiger partial charge in [0, 0.05) is 17.0 Å². The summed E-state index contributed by atoms with van der Waals surface area (Å²) >= 11 is 6.33. The zero-order valence-corrected chi connectivity index (χ0v) is 13.9. The van der Waals surface area contributed by atoms with Gasteiger partial charge in [-0.15, -0.1) is 0 Å². The van der Waals surface area contributed by atoms with Crippen molar-refractivity contribution in [2.45, 2.75) is 13.8 Å². The Hall–Kier alpha value is -2.52. The van der Waals surface area contributed by atoms with Gasteiger partial charge in [0.1, 0.15) is 0 Å². The number of benzene rings is 2. The lowest BCUT2D eigenvalue weighted by molar-refractivity contribution is 0.965. The van der Waals surface area contributed by atoms with Gasteiger partial charge in [-0.2, -0.15) is 5.10 Å². The molecule has 1 aromatic heterocycles. The molecule has 0 atom stereocenters. The second-order valence-electron chi connectivity index (χ2n) is 5.35. The highest BCUT2D eigenvalue weighted by Gasteiger charge is 2.11. The van der Waals surface area contributed by atoms with E-state index in [2.05, 4.69) is 35.0 Å². The summed E-state index contributed by atoms with van der Waals surface area (Å²) in [5.41, 5.74) is 8.27. The van der Waals surface area contributed by atoms with Gasteiger partial charge in [-0.1, -0.05) is 41.9 Å². The SMILES string of the molecule is Cc1cc(C=NNc2ccccc2)c(C)n1-c1ccccc1Cl. The first-order valence-electron chi connectivity index (χ1n) is 7.45. The highest BCUT2D eigenvalue weighted by Crippen LogP contribution is 2.25. The van der Waals surface area contributed by atoms with Gasteiger partial charge in [0.25, 0.3) is 0 Å². The highest BCUT2D eigenvalue weighted by molar-refractivity contribution is 6.32. The summed E-state index contributed by atoms with van der Waals surface area (Å²) in [6, 6.07) is 19.8. The minimum Gasteiger partial charge on any atom is -0.316 e. The molecule has 3 rings (SSSR count). The van der Waals surface area contributed by atoms with Crippen LogP contribution in [0.25, 0.3) is 5.69 Å². The van der Waals surface area contributed by atoms with Crippen LogP contribution >= 0.6 is 11.6 Å². The second-order valence-corrected chi connectivity index (χ2v) is 5.76. The van der Waals surface area contributed by atoms with Crippen molar-refractivity contribution in [2.75, 3.05) is 5.43 Å². The minimum absolute atomic E-state index is 0.736. The first-order chi connectivity index (χ1) is 11.2. The summed E-state index contributed by atoms with van der Waals surface area (Å²) in [5.74, 6) is 0. The van der Waals surface area contributed by atoms with E-state index in [1.807, 2.05) is 60.8 Å². The third-order valence-corrected chi connectivity index (χ3v) is 4.05. The van der Waals surface area contributed by atoms with E-state index in [1.54, 1.807) is 0 Å². The Kier molecular flexibility index (Phi) is 4.49. The number of nitrogens with zero attached hydrogens (tertiary/aromatic N) is 2. The smallest absolute Gasteiger partial charge is 0.0646 e. The predicted octanol–water partition coefficient (Wildman–Crippen LogP) is 5.19. The lowest BCUT2D eigenvalue weighted by Gasteiger charge is -2.11. The van der Waals surface area contributed by atoms with Gasteiger partial charge in [0.05, 0.1) is 22.6 Å². The summed E-state index contributed by atoms with van der Waals surface area (Å²) in [6.07, 6.45) is 1.84. The molecule has 0 fully saturated rings. The van der Waals surface area contributed by atoms with E-state index in [1.165, 1.54) is 0 Å². The molecule has 2 aromatic carbocycles. The number of aromatic nitrogens is 1. The average Bonchev–Trinajstić information content (AvgIpc) is 2.83. The van der Waals surface area contributed by atoms with Gasteiger partial charge in [0.2, 0.25) is 0 Å². The van der Waals surface area contributed by atoms with Crippen molar-refractivity contribution in [3.63, 3.8) is 0 Å². The quantitative estimate of drug-likeness (QED) is 0.519. The molecule has 3 aromatic rings. The van der Waals surface area contributed by atoms with Gasteiger partial charge in [-0.3, -0.25) is 5.43 Å². The molecule has 0 aliphatic rings. The van der Waals surface area contributed by atoms with Crippen molar-refractivity contribution >= 4 is 23.5 Å². The zero-order chi connectivity index (χ0) is 16.2. The first-order valence-corrected chi connectivity index (χ1v) is 7.82. The monoisotopic (exact) mass is 323 g/mol. The van der Waals surface area contributed by atoms with Gasteiger partial charge < -0.3 is 4.57 Å². The van der Waals surface area contributed by atoms with Crippen LogP contribution in [0.15, 0.2) is 65.8 Å². The van der Waals surface area contributed by atoms with E-state index in [9.17, 15) is 0 Å². The molecule has 0 unspecified atom stereocenters. The summed E-state index contributed by atoms with van der Waals surface area (Å²) in [5, 5.41) is 5.06. The summed E-state index contributed by atoms with van der Waals surface area (Å²) in [7, 11) is 0. The van der Waals surface area contributed by atoms with E-state index < -0.39 is 0 Å². The Labute approximate surface area is 141 Å². The molecule has 1 heterocycles. The van der Waals surface area contributed by atoms with Crippen LogP contribution in [-0.4, -0.2) is 10.8 Å². The molecule has 23 heavy (non-hydrogen) atoms. The van der Waals surface area contributed by atoms with Crippen molar-refractivity contribution in [1.29, 1.82) is 0 Å². The van der Waals surface area contributed by atoms with Gasteiger partial charge in [0.15, 0.2) is 0 Å². The number of para-hydroxylation sites is 2. The first kappa shape index (κ1) is 15.4. The van der Waals surface area contributed by atoms with E-state index in [4.69, 9.17) is 11.6 Å². The Morgan fingerprint density at radius 1 is 1.00 bits per heavy atom. The third kappa shape index (κ3) is 3.30. The van der Waals surface area contributed by atoms with Crippen LogP contribution in [0.4, 0.5) is 5.69 Å². The molecule has 0 spiro atoms. The topological polar surface area (TPSA) is 29.3 Å².